The number of rotatable bonds is 4. The fraction of sp³-hybridized carbons (Fsp3) is 0.381. The molecule has 1 atom stereocenters. The number of hydrogen-bond donors (Lipinski definition) is 3. The summed E-state index contributed by atoms with van der Waals surface area (Å²) in [6.07, 6.45) is 5.86. The van der Waals surface area contributed by atoms with Crippen molar-refractivity contribution < 1.29 is 9.59 Å². The molecular formula is C21H25N5O2. The second kappa shape index (κ2) is 7.50. The maximum Gasteiger partial charge on any atom is 0.227 e. The summed E-state index contributed by atoms with van der Waals surface area (Å²) < 4.78 is 0. The van der Waals surface area contributed by atoms with Gasteiger partial charge in [0.05, 0.1) is 24.0 Å². The molecule has 7 nitrogen and oxygen atoms in total. The van der Waals surface area contributed by atoms with Gasteiger partial charge in [-0.2, -0.15) is 5.10 Å². The number of anilines is 1. The van der Waals surface area contributed by atoms with Crippen LogP contribution in [0.15, 0.2) is 30.6 Å². The first-order chi connectivity index (χ1) is 13.5. The molecular weight excluding hydrogens is 354 g/mol. The molecule has 0 saturated carbocycles. The lowest BCUT2D eigenvalue weighted by molar-refractivity contribution is -0.131. The second-order valence-corrected chi connectivity index (χ2v) is 7.55. The molecule has 3 heterocycles. The number of amides is 2. The van der Waals surface area contributed by atoms with E-state index in [1.54, 1.807) is 6.20 Å². The number of fused-ring (bicyclic) bond motifs is 1. The number of carbonyl (C=O) groups excluding carboxylic acids is 2. The van der Waals surface area contributed by atoms with E-state index >= 15 is 0 Å². The minimum atomic E-state index is -0.124. The number of aromatic nitrogens is 3. The van der Waals surface area contributed by atoms with Gasteiger partial charge in [0.2, 0.25) is 11.8 Å². The van der Waals surface area contributed by atoms with Crippen LogP contribution in [0.3, 0.4) is 0 Å². The number of piperidine rings is 1. The predicted molar refractivity (Wildman–Crippen MR) is 108 cm³/mol. The Morgan fingerprint density at radius 1 is 1.36 bits per heavy atom. The normalized spacial score (nSPS) is 17.1. The van der Waals surface area contributed by atoms with Crippen molar-refractivity contribution in [3.63, 3.8) is 0 Å². The average molecular weight is 379 g/mol. The van der Waals surface area contributed by atoms with Gasteiger partial charge in [0, 0.05) is 43.0 Å². The van der Waals surface area contributed by atoms with Crippen molar-refractivity contribution in [2.24, 2.45) is 0 Å². The number of hydrogen-bond acceptors (Lipinski definition) is 3. The van der Waals surface area contributed by atoms with Gasteiger partial charge in [-0.1, -0.05) is 18.2 Å². The van der Waals surface area contributed by atoms with Crippen LogP contribution in [0.4, 0.5) is 5.69 Å². The quantitative estimate of drug-likeness (QED) is 0.650. The van der Waals surface area contributed by atoms with Gasteiger partial charge in [-0.3, -0.25) is 14.7 Å². The van der Waals surface area contributed by atoms with Gasteiger partial charge in [0.15, 0.2) is 0 Å². The third kappa shape index (κ3) is 3.52. The standard InChI is InChI=1S/C21H25N5O2/c1-13-5-3-7-17-16(10-22-20(13)17)9-19(28)26-8-4-6-15(12-26)21-18(11-23-25-21)24-14(2)27/h3,5,7,10-11,15,22H,4,6,8-9,12H2,1-2H3,(H,23,25)(H,24,27). The summed E-state index contributed by atoms with van der Waals surface area (Å²) in [5, 5.41) is 11.0. The zero-order chi connectivity index (χ0) is 19.7. The smallest absolute Gasteiger partial charge is 0.227 e. The number of aromatic amines is 2. The van der Waals surface area contributed by atoms with Gasteiger partial charge in [0.1, 0.15) is 0 Å². The first kappa shape index (κ1) is 18.3. The third-order valence-corrected chi connectivity index (χ3v) is 5.51. The number of carbonyl (C=O) groups is 2. The highest BCUT2D eigenvalue weighted by atomic mass is 16.2. The van der Waals surface area contributed by atoms with Gasteiger partial charge in [-0.15, -0.1) is 0 Å². The Kier molecular flexibility index (Phi) is 4.90. The molecule has 0 aliphatic carbocycles. The lowest BCUT2D eigenvalue weighted by atomic mass is 9.93. The number of nitrogens with one attached hydrogen (secondary N) is 3. The summed E-state index contributed by atoms with van der Waals surface area (Å²) in [4.78, 5) is 29.6. The number of benzene rings is 1. The highest BCUT2D eigenvalue weighted by Gasteiger charge is 2.28. The number of aryl methyl sites for hydroxylation is 1. The molecule has 1 aromatic carbocycles. The minimum Gasteiger partial charge on any atom is -0.361 e. The molecule has 1 unspecified atom stereocenters. The molecule has 4 rings (SSSR count). The van der Waals surface area contributed by atoms with E-state index in [4.69, 9.17) is 0 Å². The topological polar surface area (TPSA) is 93.9 Å². The van der Waals surface area contributed by atoms with Gasteiger partial charge < -0.3 is 15.2 Å². The van der Waals surface area contributed by atoms with Crippen LogP contribution < -0.4 is 5.32 Å². The molecule has 28 heavy (non-hydrogen) atoms. The van der Waals surface area contributed by atoms with Crippen molar-refractivity contribution in [3.05, 3.63) is 47.4 Å². The largest absolute Gasteiger partial charge is 0.361 e. The van der Waals surface area contributed by atoms with Crippen LogP contribution >= 0.6 is 0 Å². The fourth-order valence-electron chi connectivity index (χ4n) is 4.12. The summed E-state index contributed by atoms with van der Waals surface area (Å²) in [6, 6.07) is 6.15. The van der Waals surface area contributed by atoms with Crippen molar-refractivity contribution in [1.82, 2.24) is 20.1 Å². The maximum absolute atomic E-state index is 13.0. The Hall–Kier alpha value is -3.09. The molecule has 1 saturated heterocycles. The van der Waals surface area contributed by atoms with Crippen molar-refractivity contribution >= 4 is 28.4 Å². The van der Waals surface area contributed by atoms with Crippen molar-refractivity contribution in [2.75, 3.05) is 18.4 Å². The first-order valence-electron chi connectivity index (χ1n) is 9.67. The molecule has 146 valence electrons. The van der Waals surface area contributed by atoms with Crippen molar-refractivity contribution in [3.8, 4) is 0 Å². The van der Waals surface area contributed by atoms with Gasteiger partial charge in [-0.25, -0.2) is 0 Å². The van der Waals surface area contributed by atoms with Gasteiger partial charge >= 0.3 is 0 Å². The Balaban J connectivity index is 1.48. The molecule has 1 aliphatic rings. The maximum atomic E-state index is 13.0. The number of likely N-dealkylation sites (tertiary alicyclic amines) is 1. The molecule has 3 N–H and O–H groups in total. The molecule has 3 aromatic rings. The number of nitrogens with zero attached hydrogens (tertiary/aromatic N) is 2. The Morgan fingerprint density at radius 2 is 2.21 bits per heavy atom. The predicted octanol–water partition coefficient (Wildman–Crippen LogP) is 3.11. The zero-order valence-electron chi connectivity index (χ0n) is 16.2. The molecule has 7 heteroatoms. The Morgan fingerprint density at radius 3 is 3.04 bits per heavy atom. The van der Waals surface area contributed by atoms with Crippen LogP contribution in [-0.2, 0) is 16.0 Å². The zero-order valence-corrected chi connectivity index (χ0v) is 16.2. The molecule has 0 spiro atoms. The summed E-state index contributed by atoms with van der Waals surface area (Å²) in [5.74, 6) is 0.154. The van der Waals surface area contributed by atoms with Crippen LogP contribution in [0, 0.1) is 6.92 Å². The van der Waals surface area contributed by atoms with E-state index in [0.29, 0.717) is 18.7 Å². The Labute approximate surface area is 163 Å². The molecule has 0 bridgehead atoms. The van der Waals surface area contributed by atoms with Crippen LogP contribution in [0.25, 0.3) is 10.9 Å². The second-order valence-electron chi connectivity index (χ2n) is 7.55. The minimum absolute atomic E-state index is 0.124. The van der Waals surface area contributed by atoms with E-state index in [1.807, 2.05) is 17.2 Å². The Bertz CT molecular complexity index is 1020. The van der Waals surface area contributed by atoms with E-state index in [9.17, 15) is 9.59 Å². The van der Waals surface area contributed by atoms with Crippen molar-refractivity contribution in [1.29, 1.82) is 0 Å². The van der Waals surface area contributed by atoms with Crippen LogP contribution in [0.5, 0.6) is 0 Å². The van der Waals surface area contributed by atoms with Crippen LogP contribution in [0.2, 0.25) is 0 Å². The summed E-state index contributed by atoms with van der Waals surface area (Å²) in [5.41, 5.74) is 4.92. The lowest BCUT2D eigenvalue weighted by Gasteiger charge is -2.32. The summed E-state index contributed by atoms with van der Waals surface area (Å²) in [6.45, 7) is 4.95. The molecule has 2 amide bonds. The summed E-state index contributed by atoms with van der Waals surface area (Å²) in [7, 11) is 0. The number of H-pyrrole nitrogens is 2. The molecule has 1 fully saturated rings. The van der Waals surface area contributed by atoms with E-state index in [2.05, 4.69) is 39.6 Å². The fourth-order valence-corrected chi connectivity index (χ4v) is 4.12. The molecule has 1 aliphatic heterocycles. The highest BCUT2D eigenvalue weighted by molar-refractivity contribution is 5.91. The first-order valence-corrected chi connectivity index (χ1v) is 9.67. The van der Waals surface area contributed by atoms with E-state index < -0.39 is 0 Å². The van der Waals surface area contributed by atoms with Crippen LogP contribution in [0.1, 0.15) is 42.5 Å². The summed E-state index contributed by atoms with van der Waals surface area (Å²) >= 11 is 0. The lowest BCUT2D eigenvalue weighted by Crippen LogP contribution is -2.40. The van der Waals surface area contributed by atoms with E-state index in [-0.39, 0.29) is 17.7 Å². The molecule has 2 aromatic heterocycles. The monoisotopic (exact) mass is 379 g/mol. The van der Waals surface area contributed by atoms with Crippen LogP contribution in [-0.4, -0.2) is 45.0 Å². The van der Waals surface area contributed by atoms with Gasteiger partial charge in [0.25, 0.3) is 0 Å². The van der Waals surface area contributed by atoms with E-state index in [1.165, 1.54) is 12.5 Å². The number of para-hydroxylation sites is 1. The SMILES string of the molecule is CC(=O)Nc1cn[nH]c1C1CCCN(C(=O)Cc2c[nH]c3c(C)cccc23)C1. The third-order valence-electron chi connectivity index (χ3n) is 5.51. The van der Waals surface area contributed by atoms with Crippen molar-refractivity contribution in [2.45, 2.75) is 39.0 Å². The van der Waals surface area contributed by atoms with Gasteiger partial charge in [-0.05, 0) is 30.9 Å². The highest BCUT2D eigenvalue weighted by Crippen LogP contribution is 2.31. The van der Waals surface area contributed by atoms with E-state index in [0.717, 1.165) is 41.5 Å². The average Bonchev–Trinajstić information content (AvgIpc) is 3.29. The molecule has 0 radical (unpaired) electrons.